The van der Waals surface area contributed by atoms with Crippen molar-refractivity contribution in [2.75, 3.05) is 20.7 Å². The van der Waals surface area contributed by atoms with Gasteiger partial charge in [0.05, 0.1) is 11.6 Å². The molecule has 1 saturated carbocycles. The Balaban J connectivity index is 1.94. The zero-order chi connectivity index (χ0) is 13.9. The Morgan fingerprint density at radius 2 is 2.20 bits per heavy atom. The quantitative estimate of drug-likeness (QED) is 0.774. The molecule has 0 spiro atoms. The van der Waals surface area contributed by atoms with Crippen LogP contribution in [0.25, 0.3) is 0 Å². The topological polar surface area (TPSA) is 12.5 Å². The minimum absolute atomic E-state index is 0.374. The Kier molecular flexibility index (Phi) is 2.94. The minimum atomic E-state index is 0.374. The summed E-state index contributed by atoms with van der Waals surface area (Å²) in [5, 5.41) is 0. The monoisotopic (exact) mass is 335 g/mol. The van der Waals surface area contributed by atoms with E-state index < -0.39 is 0 Å². The number of hydrogen-bond acceptors (Lipinski definition) is 2. The lowest BCUT2D eigenvalue weighted by Gasteiger charge is -2.46. The van der Waals surface area contributed by atoms with Crippen LogP contribution in [0.15, 0.2) is 16.6 Å². The minimum Gasteiger partial charge on any atom is -0.496 e. The molecule has 0 amide bonds. The molecule has 1 heterocycles. The predicted octanol–water partition coefficient (Wildman–Crippen LogP) is 3.76. The number of methoxy groups -OCH3 is 1. The summed E-state index contributed by atoms with van der Waals surface area (Å²) in [6, 6.07) is 5.18. The van der Waals surface area contributed by atoms with E-state index in [-0.39, 0.29) is 0 Å². The van der Waals surface area contributed by atoms with Gasteiger partial charge in [0.1, 0.15) is 5.75 Å². The van der Waals surface area contributed by atoms with Crippen molar-refractivity contribution in [1.82, 2.24) is 4.90 Å². The number of likely N-dealkylation sites (N-methyl/N-ethyl adjacent to an activating group) is 1. The highest BCUT2D eigenvalue weighted by molar-refractivity contribution is 9.10. The summed E-state index contributed by atoms with van der Waals surface area (Å²) in [5.41, 5.74) is 3.49. The second-order valence-electron chi connectivity index (χ2n) is 6.81. The molecule has 2 nitrogen and oxygen atoms in total. The first-order valence-electron chi connectivity index (χ1n) is 7.73. The molecule has 3 heteroatoms. The van der Waals surface area contributed by atoms with Crippen molar-refractivity contribution in [2.24, 2.45) is 5.92 Å². The number of fused-ring (bicyclic) bond motifs is 1. The van der Waals surface area contributed by atoms with Gasteiger partial charge in [-0.3, -0.25) is 0 Å². The first-order valence-corrected chi connectivity index (χ1v) is 8.53. The molecule has 1 aromatic carbocycles. The van der Waals surface area contributed by atoms with Crippen LogP contribution in [0, 0.1) is 5.92 Å². The maximum Gasteiger partial charge on any atom is 0.133 e. The summed E-state index contributed by atoms with van der Waals surface area (Å²) in [5.74, 6) is 1.84. The highest BCUT2D eigenvalue weighted by atomic mass is 79.9. The van der Waals surface area contributed by atoms with E-state index in [1.165, 1.54) is 43.1 Å². The lowest BCUT2D eigenvalue weighted by atomic mass is 9.58. The Morgan fingerprint density at radius 1 is 1.35 bits per heavy atom. The van der Waals surface area contributed by atoms with E-state index in [2.05, 4.69) is 40.0 Å². The highest BCUT2D eigenvalue weighted by Gasteiger charge is 2.57. The fourth-order valence-electron chi connectivity index (χ4n) is 5.27. The number of rotatable bonds is 1. The van der Waals surface area contributed by atoms with Gasteiger partial charge >= 0.3 is 0 Å². The second-order valence-corrected chi connectivity index (χ2v) is 7.60. The molecule has 1 unspecified atom stereocenters. The Bertz CT molecular complexity index is 558. The molecule has 0 N–H and O–H groups in total. The zero-order valence-electron chi connectivity index (χ0n) is 12.3. The van der Waals surface area contributed by atoms with Gasteiger partial charge in [0.15, 0.2) is 0 Å². The fourth-order valence-corrected chi connectivity index (χ4v) is 6.21. The van der Waals surface area contributed by atoms with Crippen LogP contribution in [0.5, 0.6) is 5.75 Å². The fraction of sp³-hybridized carbons (Fsp3) is 0.647. The number of benzene rings is 1. The Labute approximate surface area is 129 Å². The van der Waals surface area contributed by atoms with Crippen molar-refractivity contribution in [3.05, 3.63) is 27.7 Å². The summed E-state index contributed by atoms with van der Waals surface area (Å²) in [6.45, 7) is 1.22. The standard InChI is InChI=1S/C17H22BrNO/c1-19-10-17-8-4-3-5-12(17)13(19)9-11-6-7-14(20-2)16(18)15(11)17/h6-7,12-13H,3-5,8-10H2,1-2H3/t12?,13-,17-/m0/s1. The van der Waals surface area contributed by atoms with E-state index in [1.54, 1.807) is 18.2 Å². The molecule has 2 aliphatic carbocycles. The molecular formula is C17H22BrNO. The van der Waals surface area contributed by atoms with E-state index in [1.807, 2.05) is 0 Å². The van der Waals surface area contributed by atoms with Gasteiger partial charge in [-0.1, -0.05) is 18.9 Å². The van der Waals surface area contributed by atoms with E-state index in [4.69, 9.17) is 4.74 Å². The van der Waals surface area contributed by atoms with Crippen LogP contribution < -0.4 is 4.74 Å². The van der Waals surface area contributed by atoms with Crippen LogP contribution in [-0.2, 0) is 11.8 Å². The predicted molar refractivity (Wildman–Crippen MR) is 84.5 cm³/mol. The number of ether oxygens (including phenoxy) is 1. The molecule has 4 rings (SSSR count). The van der Waals surface area contributed by atoms with E-state index in [0.29, 0.717) is 5.41 Å². The Morgan fingerprint density at radius 3 is 3.00 bits per heavy atom. The maximum absolute atomic E-state index is 5.56. The van der Waals surface area contributed by atoms with Gasteiger partial charge in [0, 0.05) is 18.0 Å². The lowest BCUT2D eigenvalue weighted by Crippen LogP contribution is -2.44. The SMILES string of the molecule is COc1ccc2c(c1Br)[C@]13CCCCC1[C@H](C2)N(C)C3. The van der Waals surface area contributed by atoms with Gasteiger partial charge in [-0.05, 0) is 65.4 Å². The van der Waals surface area contributed by atoms with E-state index in [9.17, 15) is 0 Å². The normalized spacial score (nSPS) is 35.5. The first kappa shape index (κ1) is 13.1. The highest BCUT2D eigenvalue weighted by Crippen LogP contribution is 2.58. The third-order valence-electron chi connectivity index (χ3n) is 6.00. The molecule has 0 aromatic heterocycles. The van der Waals surface area contributed by atoms with Crippen molar-refractivity contribution in [3.63, 3.8) is 0 Å². The number of hydrogen-bond donors (Lipinski definition) is 0. The second kappa shape index (κ2) is 4.48. The van der Waals surface area contributed by atoms with Crippen LogP contribution in [0.1, 0.15) is 36.8 Å². The van der Waals surface area contributed by atoms with Crippen molar-refractivity contribution >= 4 is 15.9 Å². The average molecular weight is 336 g/mol. The van der Waals surface area contributed by atoms with Crippen molar-refractivity contribution in [3.8, 4) is 5.75 Å². The molecule has 0 radical (unpaired) electrons. The van der Waals surface area contributed by atoms with Gasteiger partial charge in [0.25, 0.3) is 0 Å². The summed E-state index contributed by atoms with van der Waals surface area (Å²) >= 11 is 3.86. The van der Waals surface area contributed by atoms with Gasteiger partial charge in [-0.25, -0.2) is 0 Å². The molecule has 2 fully saturated rings. The van der Waals surface area contributed by atoms with Crippen molar-refractivity contribution < 1.29 is 4.74 Å². The number of likely N-dealkylation sites (tertiary alicyclic amines) is 1. The van der Waals surface area contributed by atoms with E-state index in [0.717, 1.165) is 17.7 Å². The van der Waals surface area contributed by atoms with Crippen LogP contribution in [0.2, 0.25) is 0 Å². The molecular weight excluding hydrogens is 314 g/mol. The van der Waals surface area contributed by atoms with Gasteiger partial charge in [0.2, 0.25) is 0 Å². The largest absolute Gasteiger partial charge is 0.496 e. The van der Waals surface area contributed by atoms with Crippen LogP contribution in [0.3, 0.4) is 0 Å². The van der Waals surface area contributed by atoms with Crippen molar-refractivity contribution in [1.29, 1.82) is 0 Å². The van der Waals surface area contributed by atoms with Gasteiger partial charge in [-0.2, -0.15) is 0 Å². The third-order valence-corrected chi connectivity index (χ3v) is 6.79. The maximum atomic E-state index is 5.56. The summed E-state index contributed by atoms with van der Waals surface area (Å²) < 4.78 is 6.78. The summed E-state index contributed by atoms with van der Waals surface area (Å²) in [4.78, 5) is 2.62. The van der Waals surface area contributed by atoms with E-state index >= 15 is 0 Å². The summed E-state index contributed by atoms with van der Waals surface area (Å²) in [6.07, 6.45) is 6.74. The number of halogens is 1. The zero-order valence-corrected chi connectivity index (χ0v) is 13.9. The molecule has 3 atom stereocenters. The lowest BCUT2D eigenvalue weighted by molar-refractivity contribution is 0.190. The molecule has 1 saturated heterocycles. The molecule has 108 valence electrons. The van der Waals surface area contributed by atoms with Gasteiger partial charge < -0.3 is 9.64 Å². The average Bonchev–Trinajstić information content (AvgIpc) is 2.66. The van der Waals surface area contributed by atoms with Crippen molar-refractivity contribution in [2.45, 2.75) is 43.6 Å². The first-order chi connectivity index (χ1) is 9.67. The number of nitrogens with zero attached hydrogens (tertiary/aromatic N) is 1. The van der Waals surface area contributed by atoms with Crippen LogP contribution in [0.4, 0.5) is 0 Å². The van der Waals surface area contributed by atoms with Gasteiger partial charge in [-0.15, -0.1) is 0 Å². The molecule has 2 bridgehead atoms. The van der Waals surface area contributed by atoms with Crippen LogP contribution >= 0.6 is 15.9 Å². The third kappa shape index (κ3) is 1.54. The summed E-state index contributed by atoms with van der Waals surface area (Å²) in [7, 11) is 4.09. The molecule has 1 aromatic rings. The smallest absolute Gasteiger partial charge is 0.133 e. The Hall–Kier alpha value is -0.540. The van der Waals surface area contributed by atoms with Crippen LogP contribution in [-0.4, -0.2) is 31.6 Å². The molecule has 3 aliphatic rings. The molecule has 1 aliphatic heterocycles. The molecule has 20 heavy (non-hydrogen) atoms.